The normalized spacial score (nSPS) is 10.1. The zero-order chi connectivity index (χ0) is 11.5. The number of hydrogen-bond acceptors (Lipinski definition) is 3. The molecule has 0 amide bonds. The number of aromatic hydroxyl groups is 1. The summed E-state index contributed by atoms with van der Waals surface area (Å²) >= 11 is 0. The summed E-state index contributed by atoms with van der Waals surface area (Å²) in [6.07, 6.45) is 1.73. The molecule has 16 heavy (non-hydrogen) atoms. The zero-order valence-electron chi connectivity index (χ0n) is 9.27. The molecule has 0 saturated heterocycles. The molecule has 3 nitrogen and oxygen atoms in total. The third-order valence-corrected chi connectivity index (χ3v) is 2.41. The van der Waals surface area contributed by atoms with E-state index in [1.807, 2.05) is 25.1 Å². The quantitative estimate of drug-likeness (QED) is 0.837. The van der Waals surface area contributed by atoms with Crippen LogP contribution in [0.25, 0.3) is 11.1 Å². The standard InChI is InChI=1S/C13H13NO2/c1-9-7-10(5-6-14-9)12-8-11(16-2)3-4-13(12)15/h3-8,15H,1-2H3. The van der Waals surface area contributed by atoms with Crippen molar-refractivity contribution in [3.8, 4) is 22.6 Å². The molecule has 0 atom stereocenters. The van der Waals surface area contributed by atoms with Gasteiger partial charge in [0, 0.05) is 17.5 Å². The molecule has 2 rings (SSSR count). The molecule has 82 valence electrons. The smallest absolute Gasteiger partial charge is 0.123 e. The molecule has 0 aliphatic rings. The van der Waals surface area contributed by atoms with Crippen LogP contribution < -0.4 is 4.74 Å². The second-order valence-electron chi connectivity index (χ2n) is 3.57. The molecule has 2 aromatic rings. The van der Waals surface area contributed by atoms with E-state index in [4.69, 9.17) is 4.74 Å². The van der Waals surface area contributed by atoms with E-state index >= 15 is 0 Å². The molecular formula is C13H13NO2. The fourth-order valence-electron chi connectivity index (χ4n) is 1.59. The van der Waals surface area contributed by atoms with Crippen molar-refractivity contribution in [2.75, 3.05) is 7.11 Å². The van der Waals surface area contributed by atoms with E-state index in [2.05, 4.69) is 4.98 Å². The SMILES string of the molecule is COc1ccc(O)c(-c2ccnc(C)c2)c1. The van der Waals surface area contributed by atoms with Crippen LogP contribution in [0.3, 0.4) is 0 Å². The fourth-order valence-corrected chi connectivity index (χ4v) is 1.59. The van der Waals surface area contributed by atoms with Gasteiger partial charge in [0.15, 0.2) is 0 Å². The van der Waals surface area contributed by atoms with Crippen molar-refractivity contribution >= 4 is 0 Å². The van der Waals surface area contributed by atoms with Crippen molar-refractivity contribution < 1.29 is 9.84 Å². The Kier molecular flexibility index (Phi) is 2.77. The Morgan fingerprint density at radius 1 is 1.19 bits per heavy atom. The number of nitrogens with zero attached hydrogens (tertiary/aromatic N) is 1. The maximum absolute atomic E-state index is 9.80. The largest absolute Gasteiger partial charge is 0.507 e. The van der Waals surface area contributed by atoms with Gasteiger partial charge >= 0.3 is 0 Å². The van der Waals surface area contributed by atoms with Gasteiger partial charge in [0.1, 0.15) is 11.5 Å². The molecule has 0 aliphatic carbocycles. The van der Waals surface area contributed by atoms with Crippen LogP contribution in [0, 0.1) is 6.92 Å². The number of rotatable bonds is 2. The van der Waals surface area contributed by atoms with E-state index in [0.29, 0.717) is 0 Å². The molecule has 0 unspecified atom stereocenters. The Bertz CT molecular complexity index is 509. The van der Waals surface area contributed by atoms with Gasteiger partial charge in [-0.15, -0.1) is 0 Å². The van der Waals surface area contributed by atoms with Gasteiger partial charge in [0.2, 0.25) is 0 Å². The molecule has 1 N–H and O–H groups in total. The molecule has 0 saturated carbocycles. The van der Waals surface area contributed by atoms with E-state index in [1.165, 1.54) is 0 Å². The van der Waals surface area contributed by atoms with Crippen LogP contribution in [0.4, 0.5) is 0 Å². The van der Waals surface area contributed by atoms with Gasteiger partial charge in [-0.3, -0.25) is 4.98 Å². The van der Waals surface area contributed by atoms with Gasteiger partial charge in [0.25, 0.3) is 0 Å². The molecule has 1 aromatic heterocycles. The maximum Gasteiger partial charge on any atom is 0.123 e. The summed E-state index contributed by atoms with van der Waals surface area (Å²) in [5, 5.41) is 9.80. The van der Waals surface area contributed by atoms with Crippen LogP contribution in [0.15, 0.2) is 36.5 Å². The van der Waals surface area contributed by atoms with E-state index < -0.39 is 0 Å². The summed E-state index contributed by atoms with van der Waals surface area (Å²) in [6, 6.07) is 8.96. The highest BCUT2D eigenvalue weighted by atomic mass is 16.5. The number of phenols is 1. The molecule has 0 spiro atoms. The average Bonchev–Trinajstić information content (AvgIpc) is 2.30. The first-order valence-electron chi connectivity index (χ1n) is 5.01. The summed E-state index contributed by atoms with van der Waals surface area (Å²) in [7, 11) is 1.61. The monoisotopic (exact) mass is 215 g/mol. The molecule has 3 heteroatoms. The Morgan fingerprint density at radius 2 is 2.00 bits per heavy atom. The van der Waals surface area contributed by atoms with E-state index in [-0.39, 0.29) is 5.75 Å². The molecule has 1 aromatic carbocycles. The second kappa shape index (κ2) is 4.23. The predicted octanol–water partition coefficient (Wildman–Crippen LogP) is 2.77. The van der Waals surface area contributed by atoms with Gasteiger partial charge in [-0.05, 0) is 42.8 Å². The minimum absolute atomic E-state index is 0.242. The van der Waals surface area contributed by atoms with Crippen LogP contribution in [0.1, 0.15) is 5.69 Å². The second-order valence-corrected chi connectivity index (χ2v) is 3.57. The summed E-state index contributed by atoms with van der Waals surface area (Å²) < 4.78 is 5.13. The van der Waals surface area contributed by atoms with Crippen LogP contribution >= 0.6 is 0 Å². The van der Waals surface area contributed by atoms with Gasteiger partial charge in [-0.2, -0.15) is 0 Å². The van der Waals surface area contributed by atoms with Crippen LogP contribution in [-0.4, -0.2) is 17.2 Å². The summed E-state index contributed by atoms with van der Waals surface area (Å²) in [5.74, 6) is 0.966. The average molecular weight is 215 g/mol. The molecule has 1 heterocycles. The minimum Gasteiger partial charge on any atom is -0.507 e. The van der Waals surface area contributed by atoms with Crippen LogP contribution in [0.5, 0.6) is 11.5 Å². The Balaban J connectivity index is 2.54. The topological polar surface area (TPSA) is 42.4 Å². The number of aromatic nitrogens is 1. The number of phenolic OH excluding ortho intramolecular Hbond substituents is 1. The number of pyridine rings is 1. The summed E-state index contributed by atoms with van der Waals surface area (Å²) in [4.78, 5) is 4.12. The lowest BCUT2D eigenvalue weighted by Gasteiger charge is -2.07. The van der Waals surface area contributed by atoms with Gasteiger partial charge in [-0.1, -0.05) is 0 Å². The number of aryl methyl sites for hydroxylation is 1. The van der Waals surface area contributed by atoms with Crippen molar-refractivity contribution in [2.24, 2.45) is 0 Å². The Hall–Kier alpha value is -2.03. The van der Waals surface area contributed by atoms with Crippen molar-refractivity contribution in [3.05, 3.63) is 42.2 Å². The number of ether oxygens (including phenoxy) is 1. The van der Waals surface area contributed by atoms with Crippen LogP contribution in [0.2, 0.25) is 0 Å². The van der Waals surface area contributed by atoms with Crippen molar-refractivity contribution in [2.45, 2.75) is 6.92 Å². The first-order valence-corrected chi connectivity index (χ1v) is 5.01. The number of benzene rings is 1. The molecular weight excluding hydrogens is 202 g/mol. The Morgan fingerprint density at radius 3 is 2.69 bits per heavy atom. The van der Waals surface area contributed by atoms with Crippen LogP contribution in [-0.2, 0) is 0 Å². The third-order valence-electron chi connectivity index (χ3n) is 2.41. The Labute approximate surface area is 94.3 Å². The maximum atomic E-state index is 9.80. The van der Waals surface area contributed by atoms with Gasteiger partial charge in [0.05, 0.1) is 7.11 Å². The van der Waals surface area contributed by atoms with E-state index in [0.717, 1.165) is 22.6 Å². The number of methoxy groups -OCH3 is 1. The van der Waals surface area contributed by atoms with E-state index in [1.54, 1.807) is 25.4 Å². The van der Waals surface area contributed by atoms with Gasteiger partial charge in [-0.25, -0.2) is 0 Å². The molecule has 0 aliphatic heterocycles. The third kappa shape index (κ3) is 1.98. The highest BCUT2D eigenvalue weighted by Gasteiger charge is 2.06. The highest BCUT2D eigenvalue weighted by molar-refractivity contribution is 5.71. The lowest BCUT2D eigenvalue weighted by Crippen LogP contribution is -1.86. The zero-order valence-corrected chi connectivity index (χ0v) is 9.27. The minimum atomic E-state index is 0.242. The van der Waals surface area contributed by atoms with Crippen molar-refractivity contribution in [1.29, 1.82) is 0 Å². The highest BCUT2D eigenvalue weighted by Crippen LogP contribution is 2.32. The van der Waals surface area contributed by atoms with Crippen molar-refractivity contribution in [3.63, 3.8) is 0 Å². The molecule has 0 fully saturated rings. The lowest BCUT2D eigenvalue weighted by molar-refractivity contribution is 0.412. The van der Waals surface area contributed by atoms with Gasteiger partial charge < -0.3 is 9.84 Å². The lowest BCUT2D eigenvalue weighted by atomic mass is 10.0. The summed E-state index contributed by atoms with van der Waals surface area (Å²) in [5.41, 5.74) is 2.61. The summed E-state index contributed by atoms with van der Waals surface area (Å²) in [6.45, 7) is 1.92. The molecule has 0 radical (unpaired) electrons. The number of hydrogen-bond donors (Lipinski definition) is 1. The van der Waals surface area contributed by atoms with Crippen molar-refractivity contribution in [1.82, 2.24) is 4.98 Å². The first kappa shape index (κ1) is 10.5. The van der Waals surface area contributed by atoms with E-state index in [9.17, 15) is 5.11 Å². The fraction of sp³-hybridized carbons (Fsp3) is 0.154. The predicted molar refractivity (Wildman–Crippen MR) is 62.6 cm³/mol. The first-order chi connectivity index (χ1) is 7.70. The molecule has 0 bridgehead atoms.